The highest BCUT2D eigenvalue weighted by molar-refractivity contribution is 7.81. The van der Waals surface area contributed by atoms with E-state index in [1.54, 1.807) is 18.2 Å². The minimum atomic E-state index is -4.88. The average molecular weight is 435 g/mol. The Labute approximate surface area is 162 Å². The summed E-state index contributed by atoms with van der Waals surface area (Å²) in [6.45, 7) is 1.73. The lowest BCUT2D eigenvalue weighted by Gasteiger charge is -2.29. The van der Waals surface area contributed by atoms with E-state index in [2.05, 4.69) is 17.9 Å². The number of ether oxygens (including phenoxy) is 1. The Balaban J connectivity index is 1.89. The molecule has 0 amide bonds. The first-order valence-corrected chi connectivity index (χ1v) is 12.3. The molecule has 1 aromatic carbocycles. The fourth-order valence-electron chi connectivity index (χ4n) is 3.76. The van der Waals surface area contributed by atoms with Crippen LogP contribution in [-0.2, 0) is 13.9 Å². The van der Waals surface area contributed by atoms with Gasteiger partial charge in [0, 0.05) is 24.3 Å². The van der Waals surface area contributed by atoms with Gasteiger partial charge in [-0.1, -0.05) is 24.3 Å². The van der Waals surface area contributed by atoms with Crippen LogP contribution in [0.5, 0.6) is 0 Å². The number of nitrogens with one attached hydrogen (secondary N) is 1. The maximum Gasteiger partial charge on any atom is 0.357 e. The van der Waals surface area contributed by atoms with E-state index in [9.17, 15) is 28.7 Å². The maximum atomic E-state index is 12.1. The van der Waals surface area contributed by atoms with Crippen molar-refractivity contribution in [1.29, 1.82) is 0 Å². The minimum Gasteiger partial charge on any atom is -0.377 e. The van der Waals surface area contributed by atoms with Crippen LogP contribution >= 0.6 is 27.8 Å². The molecule has 150 valence electrons. The van der Waals surface area contributed by atoms with E-state index < -0.39 is 31.7 Å². The van der Waals surface area contributed by atoms with Gasteiger partial charge in [-0.05, 0) is 30.5 Å². The van der Waals surface area contributed by atoms with Crippen LogP contribution in [0.15, 0.2) is 29.6 Å². The van der Waals surface area contributed by atoms with E-state index in [0.29, 0.717) is 5.56 Å². The largest absolute Gasteiger partial charge is 0.377 e. The SMILES string of the molecule is O=P(O)(O)C1=C(P(=O)(O)O)C(CCOC2CCNCC2S)c2ccccc21. The predicted molar refractivity (Wildman–Crippen MR) is 105 cm³/mol. The molecule has 5 N–H and O–H groups in total. The summed E-state index contributed by atoms with van der Waals surface area (Å²) in [6, 6.07) is 6.40. The topological polar surface area (TPSA) is 136 Å². The van der Waals surface area contributed by atoms with Gasteiger partial charge in [-0.15, -0.1) is 0 Å². The van der Waals surface area contributed by atoms with Crippen LogP contribution in [0, 0.1) is 0 Å². The molecule has 0 saturated carbocycles. The second-order valence-electron chi connectivity index (χ2n) is 6.72. The fraction of sp³-hybridized carbons (Fsp3) is 0.500. The first kappa shape index (κ1) is 21.2. The Bertz CT molecular complexity index is 834. The normalized spacial score (nSPS) is 26.3. The van der Waals surface area contributed by atoms with Crippen molar-refractivity contribution < 1.29 is 33.4 Å². The Hall–Kier alpha value is -0.470. The third-order valence-corrected chi connectivity index (χ3v) is 7.81. The number of thiol groups is 1. The number of piperidine rings is 1. The van der Waals surface area contributed by atoms with Gasteiger partial charge in [0.2, 0.25) is 0 Å². The van der Waals surface area contributed by atoms with Gasteiger partial charge in [-0.25, -0.2) is 0 Å². The van der Waals surface area contributed by atoms with Crippen molar-refractivity contribution in [1.82, 2.24) is 5.32 Å². The van der Waals surface area contributed by atoms with Gasteiger partial charge in [0.15, 0.2) is 0 Å². The van der Waals surface area contributed by atoms with Crippen LogP contribution in [0.2, 0.25) is 0 Å². The Morgan fingerprint density at radius 3 is 2.48 bits per heavy atom. The van der Waals surface area contributed by atoms with Crippen LogP contribution in [0.3, 0.4) is 0 Å². The molecule has 1 aliphatic heterocycles. The quantitative estimate of drug-likeness (QED) is 0.294. The van der Waals surface area contributed by atoms with E-state index in [1.807, 2.05) is 0 Å². The van der Waals surface area contributed by atoms with Crippen molar-refractivity contribution in [2.24, 2.45) is 0 Å². The van der Waals surface area contributed by atoms with Crippen LogP contribution in [0.25, 0.3) is 5.31 Å². The Morgan fingerprint density at radius 1 is 1.15 bits per heavy atom. The van der Waals surface area contributed by atoms with Gasteiger partial charge in [0.05, 0.1) is 16.7 Å². The lowest BCUT2D eigenvalue weighted by molar-refractivity contribution is 0.0350. The zero-order valence-electron chi connectivity index (χ0n) is 14.4. The molecule has 1 aromatic rings. The zero-order chi connectivity index (χ0) is 19.8. The lowest BCUT2D eigenvalue weighted by Crippen LogP contribution is -2.42. The van der Waals surface area contributed by atoms with Crippen molar-refractivity contribution in [3.05, 3.63) is 40.7 Å². The number of hydrogen-bond acceptors (Lipinski definition) is 5. The summed E-state index contributed by atoms with van der Waals surface area (Å²) in [5.74, 6) is -0.801. The highest BCUT2D eigenvalue weighted by Crippen LogP contribution is 2.68. The molecule has 0 aromatic heterocycles. The third kappa shape index (κ3) is 4.58. The van der Waals surface area contributed by atoms with Gasteiger partial charge in [0.1, 0.15) is 0 Å². The highest BCUT2D eigenvalue weighted by atomic mass is 32.1. The monoisotopic (exact) mass is 435 g/mol. The Kier molecular flexibility index (Phi) is 6.38. The van der Waals surface area contributed by atoms with E-state index in [-0.39, 0.29) is 29.9 Å². The first-order chi connectivity index (χ1) is 12.6. The molecule has 1 aliphatic carbocycles. The van der Waals surface area contributed by atoms with Crippen molar-refractivity contribution >= 4 is 33.1 Å². The molecule has 11 heteroatoms. The van der Waals surface area contributed by atoms with E-state index >= 15 is 0 Å². The number of rotatable bonds is 6. The van der Waals surface area contributed by atoms with Gasteiger partial charge in [0.25, 0.3) is 0 Å². The summed E-state index contributed by atoms with van der Waals surface area (Å²) in [5.41, 5.74) is 0.702. The maximum absolute atomic E-state index is 12.1. The van der Waals surface area contributed by atoms with E-state index in [4.69, 9.17) is 4.74 Å². The van der Waals surface area contributed by atoms with Gasteiger partial charge in [-0.2, -0.15) is 12.6 Å². The number of hydrogen-bond donors (Lipinski definition) is 6. The lowest BCUT2D eigenvalue weighted by atomic mass is 9.98. The summed E-state index contributed by atoms with van der Waals surface area (Å²) >= 11 is 4.48. The number of allylic oxidation sites excluding steroid dienone is 1. The van der Waals surface area contributed by atoms with Crippen molar-refractivity contribution in [3.63, 3.8) is 0 Å². The number of benzene rings is 1. The predicted octanol–water partition coefficient (Wildman–Crippen LogP) is 1.87. The smallest absolute Gasteiger partial charge is 0.357 e. The van der Waals surface area contributed by atoms with E-state index in [1.165, 1.54) is 6.07 Å². The summed E-state index contributed by atoms with van der Waals surface area (Å²) in [7, 11) is -9.76. The second-order valence-corrected chi connectivity index (χ2v) is 10.5. The van der Waals surface area contributed by atoms with Crippen LogP contribution < -0.4 is 5.32 Å². The minimum absolute atomic E-state index is 0.0251. The molecule has 27 heavy (non-hydrogen) atoms. The van der Waals surface area contributed by atoms with Gasteiger partial charge >= 0.3 is 15.2 Å². The van der Waals surface area contributed by atoms with Crippen molar-refractivity contribution in [2.45, 2.75) is 30.1 Å². The summed E-state index contributed by atoms with van der Waals surface area (Å²) in [4.78, 5) is 39.1. The highest BCUT2D eigenvalue weighted by Gasteiger charge is 2.45. The molecule has 3 atom stereocenters. The molecule has 0 spiro atoms. The van der Waals surface area contributed by atoms with E-state index in [0.717, 1.165) is 19.5 Å². The standard InChI is InChI=1S/C16H23NO7P2S/c18-25(19,20)15-11-4-2-1-3-10(11)12(16(15)26(21,22)23)6-8-24-13-5-7-17-9-14(13)27/h1-4,12-14,17,27H,5-9H2,(H2,18,19,20)(H2,21,22,23). The van der Waals surface area contributed by atoms with Crippen molar-refractivity contribution in [2.75, 3.05) is 19.7 Å². The summed E-state index contributed by atoms with van der Waals surface area (Å²) < 4.78 is 30.0. The molecule has 3 rings (SSSR count). The molecule has 1 fully saturated rings. The number of fused-ring (bicyclic) bond motifs is 1. The third-order valence-electron chi connectivity index (χ3n) is 4.90. The molecular weight excluding hydrogens is 412 g/mol. The molecule has 0 bridgehead atoms. The van der Waals surface area contributed by atoms with Crippen LogP contribution in [0.4, 0.5) is 0 Å². The van der Waals surface area contributed by atoms with Crippen LogP contribution in [-0.4, -0.2) is 50.6 Å². The van der Waals surface area contributed by atoms with Gasteiger partial charge < -0.3 is 29.6 Å². The zero-order valence-corrected chi connectivity index (χ0v) is 17.1. The van der Waals surface area contributed by atoms with Crippen molar-refractivity contribution in [3.8, 4) is 0 Å². The molecule has 8 nitrogen and oxygen atoms in total. The molecule has 0 radical (unpaired) electrons. The summed E-state index contributed by atoms with van der Waals surface area (Å²) in [6.07, 6.45) is 0.922. The van der Waals surface area contributed by atoms with Gasteiger partial charge in [-0.3, -0.25) is 9.13 Å². The fourth-order valence-corrected chi connectivity index (χ4v) is 6.94. The summed E-state index contributed by atoms with van der Waals surface area (Å²) in [5, 5.41) is 2.19. The molecule has 3 unspecified atom stereocenters. The first-order valence-electron chi connectivity index (χ1n) is 8.56. The molecule has 1 heterocycles. The average Bonchev–Trinajstić information content (AvgIpc) is 2.92. The van der Waals surface area contributed by atoms with Crippen LogP contribution in [0.1, 0.15) is 29.9 Å². The molecule has 1 saturated heterocycles. The molecular formula is C16H23NO7P2S. The Morgan fingerprint density at radius 2 is 1.85 bits per heavy atom. The second kappa shape index (κ2) is 8.11. The molecule has 2 aliphatic rings.